The van der Waals surface area contributed by atoms with E-state index in [0.717, 1.165) is 0 Å². The zero-order valence-corrected chi connectivity index (χ0v) is 12.6. The third kappa shape index (κ3) is 2.52. The molecule has 2 aromatic heterocycles. The van der Waals surface area contributed by atoms with Gasteiger partial charge in [0.25, 0.3) is 14.9 Å². The number of H-pyrrole nitrogens is 1. The summed E-state index contributed by atoms with van der Waals surface area (Å²) < 4.78 is 28.5. The highest BCUT2D eigenvalue weighted by Gasteiger charge is 2.25. The predicted octanol–water partition coefficient (Wildman–Crippen LogP) is 2.73. The van der Waals surface area contributed by atoms with Crippen molar-refractivity contribution < 1.29 is 12.8 Å². The molecule has 19 heavy (non-hydrogen) atoms. The smallest absolute Gasteiger partial charge is 0.264 e. The van der Waals surface area contributed by atoms with E-state index in [4.69, 9.17) is 15.1 Å². The zero-order chi connectivity index (χ0) is 14.4. The highest BCUT2D eigenvalue weighted by molar-refractivity contribution is 8.13. The van der Waals surface area contributed by atoms with Gasteiger partial charge in [0.15, 0.2) is 0 Å². The van der Waals surface area contributed by atoms with E-state index in [1.54, 1.807) is 13.8 Å². The normalized spacial score (nSPS) is 12.3. The number of hydrogen-bond donors (Lipinski definition) is 1. The first-order valence-corrected chi connectivity index (χ1v) is 8.00. The molecule has 0 aliphatic rings. The molecule has 0 aromatic carbocycles. The average Bonchev–Trinajstić information content (AvgIpc) is 2.81. The van der Waals surface area contributed by atoms with E-state index in [1.807, 2.05) is 13.8 Å². The van der Waals surface area contributed by atoms with Crippen LogP contribution in [0.2, 0.25) is 0 Å². The van der Waals surface area contributed by atoms with Crippen molar-refractivity contribution in [3.63, 3.8) is 0 Å². The van der Waals surface area contributed by atoms with Gasteiger partial charge in [-0.3, -0.25) is 0 Å². The molecule has 0 aliphatic heterocycles. The van der Waals surface area contributed by atoms with Crippen LogP contribution in [0.25, 0.3) is 11.6 Å². The van der Waals surface area contributed by atoms with E-state index in [2.05, 4.69) is 15.2 Å². The lowest BCUT2D eigenvalue weighted by atomic mass is 10.2. The molecular formula is C11H14ClN3O3S. The Kier molecular flexibility index (Phi) is 3.44. The number of rotatable bonds is 3. The first kappa shape index (κ1) is 14.1. The molecule has 2 rings (SSSR count). The molecule has 1 N–H and O–H groups in total. The van der Waals surface area contributed by atoms with Crippen molar-refractivity contribution >= 4 is 19.7 Å². The molecule has 8 heteroatoms. The summed E-state index contributed by atoms with van der Waals surface area (Å²) in [6, 6.07) is 0. The first-order chi connectivity index (χ1) is 8.71. The molecule has 0 atom stereocenters. The van der Waals surface area contributed by atoms with E-state index in [1.165, 1.54) is 0 Å². The van der Waals surface area contributed by atoms with Crippen molar-refractivity contribution in [2.24, 2.45) is 0 Å². The van der Waals surface area contributed by atoms with Crippen LogP contribution < -0.4 is 0 Å². The maximum atomic E-state index is 11.5. The summed E-state index contributed by atoms with van der Waals surface area (Å²) in [4.78, 5) is 2.99. The SMILES string of the molecule is Cc1[nH]c(-c2nnc(C(C)C)o2)c(C)c1S(=O)(=O)Cl. The molecule has 0 unspecified atom stereocenters. The van der Waals surface area contributed by atoms with Crippen molar-refractivity contribution in [2.45, 2.75) is 38.5 Å². The van der Waals surface area contributed by atoms with Gasteiger partial charge in [-0.05, 0) is 19.4 Å². The standard InChI is InChI=1S/C11H14ClN3O3S/c1-5(2)10-14-15-11(18-10)8-6(3)9(7(4)13-8)19(12,16)17/h5,13H,1-4H3. The number of aryl methyl sites for hydroxylation is 1. The average molecular weight is 304 g/mol. The summed E-state index contributed by atoms with van der Waals surface area (Å²) in [6.07, 6.45) is 0. The summed E-state index contributed by atoms with van der Waals surface area (Å²) in [5.41, 5.74) is 1.41. The molecule has 0 saturated carbocycles. The van der Waals surface area contributed by atoms with Crippen LogP contribution in [0, 0.1) is 13.8 Å². The molecule has 0 radical (unpaired) electrons. The number of nitrogens with one attached hydrogen (secondary N) is 1. The number of aromatic nitrogens is 3. The lowest BCUT2D eigenvalue weighted by Crippen LogP contribution is -1.93. The number of halogens is 1. The fourth-order valence-electron chi connectivity index (χ4n) is 1.88. The van der Waals surface area contributed by atoms with Crippen molar-refractivity contribution in [2.75, 3.05) is 0 Å². The van der Waals surface area contributed by atoms with Crippen LogP contribution in [0.5, 0.6) is 0 Å². The number of aromatic amines is 1. The third-order valence-corrected chi connectivity index (χ3v) is 4.32. The molecule has 2 heterocycles. The van der Waals surface area contributed by atoms with Crippen LogP contribution in [0.3, 0.4) is 0 Å². The molecule has 0 spiro atoms. The van der Waals surface area contributed by atoms with Gasteiger partial charge in [0.1, 0.15) is 10.6 Å². The Hall–Kier alpha value is -1.34. The summed E-state index contributed by atoms with van der Waals surface area (Å²) in [5, 5.41) is 7.83. The van der Waals surface area contributed by atoms with Crippen LogP contribution in [-0.2, 0) is 9.05 Å². The second kappa shape index (κ2) is 4.64. The largest absolute Gasteiger partial charge is 0.419 e. The number of nitrogens with zero attached hydrogens (tertiary/aromatic N) is 2. The molecule has 0 saturated heterocycles. The van der Waals surface area contributed by atoms with Crippen molar-refractivity contribution in [1.82, 2.24) is 15.2 Å². The van der Waals surface area contributed by atoms with E-state index >= 15 is 0 Å². The van der Waals surface area contributed by atoms with Gasteiger partial charge >= 0.3 is 0 Å². The topological polar surface area (TPSA) is 88.8 Å². The van der Waals surface area contributed by atoms with E-state index < -0.39 is 9.05 Å². The summed E-state index contributed by atoms with van der Waals surface area (Å²) in [6.45, 7) is 7.14. The van der Waals surface area contributed by atoms with E-state index in [-0.39, 0.29) is 16.7 Å². The minimum absolute atomic E-state index is 0.0634. The monoisotopic (exact) mass is 303 g/mol. The quantitative estimate of drug-likeness (QED) is 0.881. The Morgan fingerprint density at radius 1 is 1.26 bits per heavy atom. The van der Waals surface area contributed by atoms with Gasteiger partial charge < -0.3 is 9.40 Å². The van der Waals surface area contributed by atoms with Crippen molar-refractivity contribution in [3.8, 4) is 11.6 Å². The molecule has 0 aliphatic carbocycles. The van der Waals surface area contributed by atoms with Gasteiger partial charge in [-0.1, -0.05) is 13.8 Å². The molecular weight excluding hydrogens is 290 g/mol. The Balaban J connectivity index is 2.58. The molecule has 0 fully saturated rings. The van der Waals surface area contributed by atoms with Crippen molar-refractivity contribution in [1.29, 1.82) is 0 Å². The van der Waals surface area contributed by atoms with E-state index in [9.17, 15) is 8.42 Å². The van der Waals surface area contributed by atoms with Crippen LogP contribution >= 0.6 is 10.7 Å². The van der Waals surface area contributed by atoms with Crippen molar-refractivity contribution in [3.05, 3.63) is 17.1 Å². The first-order valence-electron chi connectivity index (χ1n) is 5.69. The highest BCUT2D eigenvalue weighted by Crippen LogP contribution is 2.32. The van der Waals surface area contributed by atoms with Crippen LogP contribution in [0.4, 0.5) is 0 Å². The molecule has 104 valence electrons. The Labute approximate surface area is 115 Å². The van der Waals surface area contributed by atoms with Crippen LogP contribution in [-0.4, -0.2) is 23.6 Å². The minimum Gasteiger partial charge on any atom is -0.419 e. The Morgan fingerprint density at radius 2 is 1.89 bits per heavy atom. The minimum atomic E-state index is -3.81. The molecule has 2 aromatic rings. The number of hydrogen-bond acceptors (Lipinski definition) is 5. The van der Waals surface area contributed by atoms with E-state index in [0.29, 0.717) is 22.8 Å². The fourth-order valence-corrected chi connectivity index (χ4v) is 3.46. The maximum Gasteiger partial charge on any atom is 0.264 e. The zero-order valence-electron chi connectivity index (χ0n) is 11.0. The summed E-state index contributed by atoms with van der Waals surface area (Å²) in [5.74, 6) is 0.863. The molecule has 0 bridgehead atoms. The predicted molar refractivity (Wildman–Crippen MR) is 70.7 cm³/mol. The highest BCUT2D eigenvalue weighted by atomic mass is 35.7. The van der Waals surface area contributed by atoms with Gasteiger partial charge in [-0.2, -0.15) is 0 Å². The second-order valence-corrected chi connectivity index (χ2v) is 7.12. The molecule has 0 amide bonds. The lowest BCUT2D eigenvalue weighted by Gasteiger charge is -1.97. The van der Waals surface area contributed by atoms with Gasteiger partial charge in [-0.15, -0.1) is 10.2 Å². The second-order valence-electron chi connectivity index (χ2n) is 4.62. The van der Waals surface area contributed by atoms with Crippen LogP contribution in [0.15, 0.2) is 9.31 Å². The van der Waals surface area contributed by atoms with Gasteiger partial charge in [0, 0.05) is 22.3 Å². The van der Waals surface area contributed by atoms with Gasteiger partial charge in [-0.25, -0.2) is 8.42 Å². The fraction of sp³-hybridized carbons (Fsp3) is 0.455. The Morgan fingerprint density at radius 3 is 2.32 bits per heavy atom. The van der Waals surface area contributed by atoms with Gasteiger partial charge in [0.05, 0.1) is 0 Å². The summed E-state index contributed by atoms with van der Waals surface area (Å²) in [7, 11) is 1.60. The van der Waals surface area contributed by atoms with Crippen LogP contribution in [0.1, 0.15) is 36.9 Å². The molecule has 6 nitrogen and oxygen atoms in total. The maximum absolute atomic E-state index is 11.5. The Bertz CT molecular complexity index is 716. The summed E-state index contributed by atoms with van der Waals surface area (Å²) >= 11 is 0. The lowest BCUT2D eigenvalue weighted by molar-refractivity contribution is 0.479. The van der Waals surface area contributed by atoms with Gasteiger partial charge in [0.2, 0.25) is 5.89 Å². The third-order valence-electron chi connectivity index (χ3n) is 2.76.